The van der Waals surface area contributed by atoms with Crippen molar-refractivity contribution in [3.05, 3.63) is 11.4 Å². The summed E-state index contributed by atoms with van der Waals surface area (Å²) < 4.78 is 352. The van der Waals surface area contributed by atoms with Crippen molar-refractivity contribution >= 4 is 16.0 Å². The first-order valence-corrected chi connectivity index (χ1v) is 11.0. The van der Waals surface area contributed by atoms with Gasteiger partial charge in [-0.2, -0.15) is 105 Å². The highest BCUT2D eigenvalue weighted by Gasteiger charge is 2.96. The third-order valence-corrected chi connectivity index (χ3v) is 7.00. The van der Waals surface area contributed by atoms with Crippen LogP contribution in [-0.2, 0) is 14.8 Å². The van der Waals surface area contributed by atoms with Crippen LogP contribution >= 0.6 is 0 Å². The molecule has 0 rings (SSSR count). The third kappa shape index (κ3) is 5.53. The first-order valence-electron chi connectivity index (χ1n) is 9.54. The van der Waals surface area contributed by atoms with Crippen LogP contribution in [0.25, 0.3) is 0 Å². The van der Waals surface area contributed by atoms with Gasteiger partial charge in [0.25, 0.3) is 10.0 Å². The Hall–Kier alpha value is -2.63. The number of carboxylic acid groups (broad SMARTS) is 1. The van der Waals surface area contributed by atoms with Crippen molar-refractivity contribution in [2.45, 2.75) is 65.1 Å². The second-order valence-corrected chi connectivity index (χ2v) is 10.1. The van der Waals surface area contributed by atoms with E-state index in [4.69, 9.17) is 5.11 Å². The lowest BCUT2D eigenvalue weighted by atomic mass is 9.91. The van der Waals surface area contributed by atoms with Crippen LogP contribution in [0, 0.1) is 0 Å². The zero-order chi connectivity index (χ0) is 38.3. The molecule has 274 valence electrons. The minimum Gasteiger partial charge on any atom is -0.478 e. The number of hydrogen-bond donors (Lipinski definition) is 1. The van der Waals surface area contributed by atoms with Gasteiger partial charge in [-0.1, -0.05) is 0 Å². The molecule has 0 amide bonds. The molecule has 0 aromatic heterocycles. The highest BCUT2D eigenvalue weighted by atomic mass is 32.2. The maximum atomic E-state index is 14.0. The maximum Gasteiger partial charge on any atom is 0.460 e. The fourth-order valence-electron chi connectivity index (χ4n) is 2.46. The zero-order valence-electron chi connectivity index (χ0n) is 20.0. The SMILES string of the molecule is CN(C(F)(F)C(F)(F)C(F)=C(C(=O)O)C(F)(F)F)S(=O)(=O)C(F)(F)C(F)(F)C(F)(F)C(F)(F)C(F)(F)C(F)(F)C(F)(F)C(F)(F)F. The molecule has 0 fully saturated rings. The van der Waals surface area contributed by atoms with Crippen LogP contribution in [-0.4, -0.2) is 96.0 Å². The van der Waals surface area contributed by atoms with Gasteiger partial charge in [0.2, 0.25) is 0 Å². The summed E-state index contributed by atoms with van der Waals surface area (Å²) in [5, 5.41) is -0.803. The molecule has 46 heavy (non-hydrogen) atoms. The van der Waals surface area contributed by atoms with Gasteiger partial charge < -0.3 is 5.11 Å². The zero-order valence-corrected chi connectivity index (χ0v) is 20.8. The van der Waals surface area contributed by atoms with E-state index in [1.807, 2.05) is 0 Å². The lowest BCUT2D eigenvalue weighted by Crippen LogP contribution is -2.75. The topological polar surface area (TPSA) is 74.7 Å². The molecule has 0 saturated heterocycles. The van der Waals surface area contributed by atoms with Gasteiger partial charge in [-0.15, -0.1) is 4.31 Å². The molecule has 0 bridgehead atoms. The molecular formula is C15H4F25NO4S. The molecule has 0 heterocycles. The van der Waals surface area contributed by atoms with E-state index in [0.717, 1.165) is 0 Å². The van der Waals surface area contributed by atoms with E-state index in [9.17, 15) is 123 Å². The molecular weight excluding hydrogens is 765 g/mol. The molecule has 0 aliphatic heterocycles. The Labute approximate surface area is 233 Å². The summed E-state index contributed by atoms with van der Waals surface area (Å²) in [7, 11) is -11.0. The highest BCUT2D eigenvalue weighted by Crippen LogP contribution is 2.65. The largest absolute Gasteiger partial charge is 0.478 e. The Balaban J connectivity index is 7.50. The van der Waals surface area contributed by atoms with Crippen LogP contribution < -0.4 is 0 Å². The Morgan fingerprint density at radius 3 is 1.09 bits per heavy atom. The summed E-state index contributed by atoms with van der Waals surface area (Å²) >= 11 is 0. The Morgan fingerprint density at radius 2 is 0.826 bits per heavy atom. The Kier molecular flexibility index (Phi) is 10.3. The van der Waals surface area contributed by atoms with Crippen molar-refractivity contribution in [3.8, 4) is 0 Å². The molecule has 0 aliphatic rings. The highest BCUT2D eigenvalue weighted by molar-refractivity contribution is 7.90. The maximum absolute atomic E-state index is 14.0. The molecule has 0 spiro atoms. The molecule has 1 N–H and O–H groups in total. The van der Waals surface area contributed by atoms with Gasteiger partial charge >= 0.3 is 71.1 Å². The van der Waals surface area contributed by atoms with E-state index in [-0.39, 0.29) is 0 Å². The molecule has 0 saturated carbocycles. The smallest absolute Gasteiger partial charge is 0.460 e. The van der Waals surface area contributed by atoms with Crippen LogP contribution in [0.1, 0.15) is 0 Å². The summed E-state index contributed by atoms with van der Waals surface area (Å²) in [6.07, 6.45) is -15.2. The van der Waals surface area contributed by atoms with Gasteiger partial charge in [0.05, 0.1) is 0 Å². The average Bonchev–Trinajstić information content (AvgIpc) is 2.80. The number of halogens is 25. The molecule has 0 aliphatic carbocycles. The van der Waals surface area contributed by atoms with E-state index in [1.54, 1.807) is 0 Å². The van der Waals surface area contributed by atoms with E-state index >= 15 is 0 Å². The summed E-state index contributed by atoms with van der Waals surface area (Å²) in [4.78, 5) is 10.4. The predicted molar refractivity (Wildman–Crippen MR) is 89.1 cm³/mol. The summed E-state index contributed by atoms with van der Waals surface area (Å²) in [6, 6.07) is -7.90. The average molecular weight is 769 g/mol. The van der Waals surface area contributed by atoms with Gasteiger partial charge in [0, 0.05) is 7.05 Å². The van der Waals surface area contributed by atoms with Crippen molar-refractivity contribution in [1.82, 2.24) is 4.31 Å². The molecule has 0 atom stereocenters. The van der Waals surface area contributed by atoms with Crippen LogP contribution in [0.5, 0.6) is 0 Å². The minimum atomic E-state index is -9.47. The lowest BCUT2D eigenvalue weighted by Gasteiger charge is -2.43. The van der Waals surface area contributed by atoms with E-state index < -0.39 is 104 Å². The Morgan fingerprint density at radius 1 is 0.543 bits per heavy atom. The fourth-order valence-corrected chi connectivity index (χ4v) is 3.67. The van der Waals surface area contributed by atoms with Crippen LogP contribution in [0.15, 0.2) is 11.4 Å². The summed E-state index contributed by atoms with van der Waals surface area (Å²) in [6.45, 7) is 0. The summed E-state index contributed by atoms with van der Waals surface area (Å²) in [5.74, 6) is -72.2. The number of carbonyl (C=O) groups is 1. The normalized spacial score (nSPS) is 16.9. The van der Waals surface area contributed by atoms with Crippen molar-refractivity contribution in [3.63, 3.8) is 0 Å². The number of alkyl halides is 24. The monoisotopic (exact) mass is 769 g/mol. The number of carboxylic acids is 1. The van der Waals surface area contributed by atoms with E-state index in [0.29, 0.717) is 0 Å². The first-order chi connectivity index (χ1) is 19.4. The molecule has 0 aromatic carbocycles. The van der Waals surface area contributed by atoms with Crippen LogP contribution in [0.4, 0.5) is 110 Å². The van der Waals surface area contributed by atoms with Crippen molar-refractivity contribution in [2.24, 2.45) is 0 Å². The second-order valence-electron chi connectivity index (χ2n) is 8.04. The van der Waals surface area contributed by atoms with Gasteiger partial charge in [-0.05, 0) is 0 Å². The third-order valence-electron chi connectivity index (χ3n) is 5.14. The predicted octanol–water partition coefficient (Wildman–Crippen LogP) is 7.31. The molecule has 31 heteroatoms. The second kappa shape index (κ2) is 11.0. The minimum absolute atomic E-state index is 1.74. The number of hydrogen-bond acceptors (Lipinski definition) is 3. The molecule has 0 aromatic rings. The quantitative estimate of drug-likeness (QED) is 0.129. The van der Waals surface area contributed by atoms with E-state index in [2.05, 4.69) is 0 Å². The van der Waals surface area contributed by atoms with Gasteiger partial charge in [-0.3, -0.25) is 0 Å². The molecule has 0 radical (unpaired) electrons. The van der Waals surface area contributed by atoms with Crippen molar-refractivity contribution in [1.29, 1.82) is 0 Å². The number of nitrogens with zero attached hydrogens (tertiary/aromatic N) is 1. The number of aliphatic carboxylic acids is 1. The van der Waals surface area contributed by atoms with Crippen molar-refractivity contribution < 1.29 is 128 Å². The fraction of sp³-hybridized carbons (Fsp3) is 0.800. The first kappa shape index (κ1) is 43.4. The number of sulfonamides is 1. The summed E-state index contributed by atoms with van der Waals surface area (Å²) in [5.41, 5.74) is -4.43. The standard InChI is InChI=1S/C15H4F25NO4S/c1-41(14(37,38)5(17,18)3(16)2(4(42)43)6(19,20)21)46(44,45)15(39,40)12(32,33)10(28,29)8(24,25)7(22,23)9(26,27)11(30,31)13(34,35)36/h1H3,(H,42,43). The lowest BCUT2D eigenvalue weighted by molar-refractivity contribution is -0.458. The van der Waals surface area contributed by atoms with Crippen molar-refractivity contribution in [2.75, 3.05) is 7.05 Å². The van der Waals surface area contributed by atoms with Crippen LogP contribution in [0.2, 0.25) is 0 Å². The van der Waals surface area contributed by atoms with Crippen LogP contribution in [0.3, 0.4) is 0 Å². The number of rotatable bonds is 12. The Bertz CT molecular complexity index is 1320. The van der Waals surface area contributed by atoms with Gasteiger partial charge in [-0.25, -0.2) is 17.6 Å². The van der Waals surface area contributed by atoms with Gasteiger partial charge in [0.1, 0.15) is 0 Å². The van der Waals surface area contributed by atoms with Gasteiger partial charge in [0.15, 0.2) is 11.4 Å². The molecule has 5 nitrogen and oxygen atoms in total. The molecule has 0 unspecified atom stereocenters. The van der Waals surface area contributed by atoms with E-state index in [1.165, 1.54) is 0 Å².